The van der Waals surface area contributed by atoms with Crippen molar-refractivity contribution in [2.45, 2.75) is 19.8 Å². The minimum Gasteiger partial charge on any atom is -0.481 e. The van der Waals surface area contributed by atoms with Crippen LogP contribution in [0.25, 0.3) is 0 Å². The minimum atomic E-state index is -0.760. The lowest BCUT2D eigenvalue weighted by atomic mass is 10.2. The predicted octanol–water partition coefficient (Wildman–Crippen LogP) is 0.735. The Hall–Kier alpha value is -0.610. The lowest BCUT2D eigenvalue weighted by Gasteiger charge is -2.27. The van der Waals surface area contributed by atoms with Crippen molar-refractivity contribution < 1.29 is 14.7 Å². The molecule has 1 aliphatic heterocycles. The summed E-state index contributed by atoms with van der Waals surface area (Å²) in [6.07, 6.45) is 2.18. The van der Waals surface area contributed by atoms with E-state index in [9.17, 15) is 4.79 Å². The molecule has 70 valence electrons. The van der Waals surface area contributed by atoms with Crippen molar-refractivity contribution in [2.24, 2.45) is 5.92 Å². The van der Waals surface area contributed by atoms with Gasteiger partial charge in [0.2, 0.25) is 0 Å². The van der Waals surface area contributed by atoms with Gasteiger partial charge in [0.25, 0.3) is 0 Å². The molecule has 1 N–H and O–H groups in total. The van der Waals surface area contributed by atoms with Crippen LogP contribution in [0.4, 0.5) is 0 Å². The Balaban J connectivity index is 2.24. The highest BCUT2D eigenvalue weighted by Gasteiger charge is 2.18. The molecule has 0 aliphatic carbocycles. The number of carboxylic acid groups (broad SMARTS) is 1. The number of carbonyl (C=O) groups is 1. The minimum absolute atomic E-state index is 0.344. The zero-order valence-electron chi connectivity index (χ0n) is 7.32. The van der Waals surface area contributed by atoms with Crippen molar-refractivity contribution in [1.82, 2.24) is 5.06 Å². The number of rotatable bonds is 3. The molecule has 0 spiro atoms. The second-order valence-corrected chi connectivity index (χ2v) is 3.17. The lowest BCUT2D eigenvalue weighted by Crippen LogP contribution is -2.35. The topological polar surface area (TPSA) is 49.8 Å². The van der Waals surface area contributed by atoms with Gasteiger partial charge in [-0.3, -0.25) is 9.63 Å². The highest BCUT2D eigenvalue weighted by atomic mass is 16.7. The average Bonchev–Trinajstić information content (AvgIpc) is 2.06. The van der Waals surface area contributed by atoms with Crippen molar-refractivity contribution in [1.29, 1.82) is 0 Å². The fourth-order valence-electron chi connectivity index (χ4n) is 1.18. The Morgan fingerprint density at radius 2 is 2.42 bits per heavy atom. The standard InChI is InChI=1S/C8H15NO3/c1-7(8(10)11)6-9-4-2-3-5-12-9/h7H,2-6H2,1H3,(H,10,11). The largest absolute Gasteiger partial charge is 0.481 e. The molecule has 1 unspecified atom stereocenters. The fourth-order valence-corrected chi connectivity index (χ4v) is 1.18. The van der Waals surface area contributed by atoms with Crippen LogP contribution in [0.3, 0.4) is 0 Å². The summed E-state index contributed by atoms with van der Waals surface area (Å²) in [6, 6.07) is 0. The molecule has 1 saturated heterocycles. The Morgan fingerprint density at radius 3 is 2.92 bits per heavy atom. The summed E-state index contributed by atoms with van der Waals surface area (Å²) in [4.78, 5) is 15.8. The van der Waals surface area contributed by atoms with Crippen LogP contribution in [0.1, 0.15) is 19.8 Å². The molecule has 1 atom stereocenters. The quantitative estimate of drug-likeness (QED) is 0.683. The Kier molecular flexibility index (Phi) is 3.49. The van der Waals surface area contributed by atoms with Crippen LogP contribution in [0.15, 0.2) is 0 Å². The highest BCUT2D eigenvalue weighted by Crippen LogP contribution is 2.08. The number of hydrogen-bond donors (Lipinski definition) is 1. The van der Waals surface area contributed by atoms with E-state index in [4.69, 9.17) is 9.94 Å². The average molecular weight is 173 g/mol. The van der Waals surface area contributed by atoms with Gasteiger partial charge in [0, 0.05) is 13.1 Å². The van der Waals surface area contributed by atoms with Crippen molar-refractivity contribution in [3.63, 3.8) is 0 Å². The van der Waals surface area contributed by atoms with Gasteiger partial charge < -0.3 is 5.11 Å². The number of carboxylic acids is 1. The number of aliphatic carboxylic acids is 1. The Labute approximate surface area is 72.1 Å². The summed E-state index contributed by atoms with van der Waals surface area (Å²) >= 11 is 0. The lowest BCUT2D eigenvalue weighted by molar-refractivity contribution is -0.190. The van der Waals surface area contributed by atoms with E-state index in [0.29, 0.717) is 6.54 Å². The van der Waals surface area contributed by atoms with E-state index in [1.807, 2.05) is 0 Å². The van der Waals surface area contributed by atoms with Gasteiger partial charge in [-0.15, -0.1) is 0 Å². The van der Waals surface area contributed by atoms with Crippen molar-refractivity contribution in [3.8, 4) is 0 Å². The van der Waals surface area contributed by atoms with Crippen molar-refractivity contribution in [2.75, 3.05) is 19.7 Å². The second kappa shape index (κ2) is 4.42. The zero-order valence-corrected chi connectivity index (χ0v) is 7.32. The fraction of sp³-hybridized carbons (Fsp3) is 0.875. The molecule has 0 saturated carbocycles. The molecule has 0 radical (unpaired) electrons. The summed E-state index contributed by atoms with van der Waals surface area (Å²) in [7, 11) is 0. The molecule has 0 aromatic heterocycles. The Bertz CT molecular complexity index is 154. The molecule has 0 amide bonds. The van der Waals surface area contributed by atoms with Gasteiger partial charge >= 0.3 is 5.97 Å². The first kappa shape index (κ1) is 9.48. The monoisotopic (exact) mass is 173 g/mol. The summed E-state index contributed by atoms with van der Waals surface area (Å²) in [5.74, 6) is -1.10. The summed E-state index contributed by atoms with van der Waals surface area (Å²) in [5.41, 5.74) is 0. The van der Waals surface area contributed by atoms with Gasteiger partial charge in [-0.25, -0.2) is 0 Å². The summed E-state index contributed by atoms with van der Waals surface area (Å²) < 4.78 is 0. The van der Waals surface area contributed by atoms with Gasteiger partial charge in [-0.05, 0) is 12.8 Å². The van der Waals surface area contributed by atoms with Gasteiger partial charge in [-0.2, -0.15) is 5.06 Å². The van der Waals surface area contributed by atoms with E-state index in [2.05, 4.69) is 0 Å². The molecule has 4 nitrogen and oxygen atoms in total. The third-order valence-corrected chi connectivity index (χ3v) is 1.97. The first-order chi connectivity index (χ1) is 5.70. The maximum absolute atomic E-state index is 10.5. The molecule has 0 aromatic rings. The first-order valence-electron chi connectivity index (χ1n) is 4.31. The van der Waals surface area contributed by atoms with E-state index < -0.39 is 5.97 Å². The maximum atomic E-state index is 10.5. The van der Waals surface area contributed by atoms with Crippen molar-refractivity contribution in [3.05, 3.63) is 0 Å². The van der Waals surface area contributed by atoms with Crippen LogP contribution in [-0.2, 0) is 9.63 Å². The SMILES string of the molecule is CC(CN1CCCCO1)C(=O)O. The van der Waals surface area contributed by atoms with Crippen LogP contribution < -0.4 is 0 Å². The third kappa shape index (κ3) is 2.79. The van der Waals surface area contributed by atoms with Crippen LogP contribution in [0.2, 0.25) is 0 Å². The third-order valence-electron chi connectivity index (χ3n) is 1.97. The van der Waals surface area contributed by atoms with E-state index in [1.165, 1.54) is 0 Å². The molecular formula is C8H15NO3. The molecular weight excluding hydrogens is 158 g/mol. The molecule has 1 aliphatic rings. The van der Waals surface area contributed by atoms with Gasteiger partial charge in [0.15, 0.2) is 0 Å². The van der Waals surface area contributed by atoms with Gasteiger partial charge in [0.1, 0.15) is 0 Å². The molecule has 1 heterocycles. The van der Waals surface area contributed by atoms with Crippen LogP contribution in [-0.4, -0.2) is 35.8 Å². The van der Waals surface area contributed by atoms with Crippen molar-refractivity contribution >= 4 is 5.97 Å². The number of nitrogens with zero attached hydrogens (tertiary/aromatic N) is 1. The molecule has 12 heavy (non-hydrogen) atoms. The second-order valence-electron chi connectivity index (χ2n) is 3.17. The molecule has 1 fully saturated rings. The highest BCUT2D eigenvalue weighted by molar-refractivity contribution is 5.69. The smallest absolute Gasteiger partial charge is 0.307 e. The van der Waals surface area contributed by atoms with E-state index in [0.717, 1.165) is 26.0 Å². The van der Waals surface area contributed by atoms with Crippen LogP contribution in [0, 0.1) is 5.92 Å². The summed E-state index contributed by atoms with van der Waals surface area (Å²) in [6.45, 7) is 3.78. The van der Waals surface area contributed by atoms with E-state index in [-0.39, 0.29) is 5.92 Å². The van der Waals surface area contributed by atoms with E-state index >= 15 is 0 Å². The molecule has 0 aromatic carbocycles. The van der Waals surface area contributed by atoms with Gasteiger partial charge in [-0.1, -0.05) is 6.92 Å². The zero-order chi connectivity index (χ0) is 8.97. The van der Waals surface area contributed by atoms with E-state index in [1.54, 1.807) is 12.0 Å². The number of hydrogen-bond acceptors (Lipinski definition) is 3. The number of hydroxylamine groups is 2. The Morgan fingerprint density at radius 1 is 1.67 bits per heavy atom. The normalized spacial score (nSPS) is 22.1. The van der Waals surface area contributed by atoms with Crippen LogP contribution >= 0.6 is 0 Å². The molecule has 1 rings (SSSR count). The molecule has 4 heteroatoms. The van der Waals surface area contributed by atoms with Crippen LogP contribution in [0.5, 0.6) is 0 Å². The van der Waals surface area contributed by atoms with Gasteiger partial charge in [0.05, 0.1) is 12.5 Å². The maximum Gasteiger partial charge on any atom is 0.307 e. The predicted molar refractivity (Wildman–Crippen MR) is 43.6 cm³/mol. The summed E-state index contributed by atoms with van der Waals surface area (Å²) in [5, 5.41) is 10.4. The first-order valence-corrected chi connectivity index (χ1v) is 4.31. The molecule has 0 bridgehead atoms.